The summed E-state index contributed by atoms with van der Waals surface area (Å²) in [5, 5.41) is 17.2. The highest BCUT2D eigenvalue weighted by Gasteiger charge is 2.12. The molecule has 0 amide bonds. The van der Waals surface area contributed by atoms with E-state index in [1.807, 2.05) is 0 Å². The molecule has 0 atom stereocenters. The van der Waals surface area contributed by atoms with Crippen molar-refractivity contribution in [3.05, 3.63) is 0 Å². The monoisotopic (exact) mass is 197 g/mol. The van der Waals surface area contributed by atoms with Crippen molar-refractivity contribution in [1.29, 1.82) is 0 Å². The molecule has 0 aromatic heterocycles. The number of nitrogens with zero attached hydrogens (tertiary/aromatic N) is 1. The number of quaternary nitrogens is 1. The van der Waals surface area contributed by atoms with E-state index >= 15 is 0 Å². The molecule has 0 radical (unpaired) electrons. The molecule has 0 aliphatic carbocycles. The van der Waals surface area contributed by atoms with Gasteiger partial charge in [0.2, 0.25) is 0 Å². The molecule has 4 heteroatoms. The second-order valence-corrected chi connectivity index (χ2v) is 3.54. The highest BCUT2D eigenvalue weighted by molar-refractivity contribution is 4.37. The molecule has 0 unspecified atom stereocenters. The Bertz CT molecular complexity index is 89.1. The first-order chi connectivity index (χ1) is 5.12. The molecule has 0 saturated carbocycles. The third kappa shape index (κ3) is 8.27. The molecule has 2 N–H and O–H groups in total. The lowest BCUT2D eigenvalue weighted by atomic mass is 10.3. The first-order valence-electron chi connectivity index (χ1n) is 4.16. The summed E-state index contributed by atoms with van der Waals surface area (Å²) in [6.07, 6.45) is 1.69. The van der Waals surface area contributed by atoms with Gasteiger partial charge in [-0.15, -0.1) is 0 Å². The summed E-state index contributed by atoms with van der Waals surface area (Å²) in [5.41, 5.74) is 0. The highest BCUT2D eigenvalue weighted by atomic mass is 35.5. The predicted octanol–water partition coefficient (Wildman–Crippen LogP) is -3.17. The summed E-state index contributed by atoms with van der Waals surface area (Å²) in [7, 11) is 4.23. The smallest absolute Gasteiger partial charge is 0.0804 e. The second kappa shape index (κ2) is 7.80. The average molecular weight is 198 g/mol. The van der Waals surface area contributed by atoms with Gasteiger partial charge in [-0.25, -0.2) is 0 Å². The van der Waals surface area contributed by atoms with Crippen LogP contribution in [0.2, 0.25) is 0 Å². The van der Waals surface area contributed by atoms with Gasteiger partial charge < -0.3 is 27.1 Å². The number of rotatable bonds is 6. The molecule has 0 saturated heterocycles. The fourth-order valence-corrected chi connectivity index (χ4v) is 1.11. The van der Waals surface area contributed by atoms with Crippen LogP contribution < -0.4 is 12.4 Å². The van der Waals surface area contributed by atoms with Crippen LogP contribution in [0.5, 0.6) is 0 Å². The van der Waals surface area contributed by atoms with E-state index in [2.05, 4.69) is 14.1 Å². The SMILES string of the molecule is C[N+](C)(CCCO)CCCO.[Cl-]. The maximum Gasteiger partial charge on any atom is 0.0804 e. The molecule has 12 heavy (non-hydrogen) atoms. The highest BCUT2D eigenvalue weighted by Crippen LogP contribution is 2.00. The third-order valence-electron chi connectivity index (χ3n) is 1.84. The zero-order chi connectivity index (χ0) is 8.74. The molecule has 0 aromatic carbocycles. The minimum absolute atomic E-state index is 0. The number of aliphatic hydroxyl groups is 2. The van der Waals surface area contributed by atoms with Gasteiger partial charge in [-0.2, -0.15) is 0 Å². The minimum atomic E-state index is 0. The molecule has 76 valence electrons. The molecule has 0 heterocycles. The molecular weight excluding hydrogens is 178 g/mol. The maximum atomic E-state index is 8.60. The van der Waals surface area contributed by atoms with Crippen LogP contribution in [-0.2, 0) is 0 Å². The summed E-state index contributed by atoms with van der Waals surface area (Å²) in [5.74, 6) is 0. The first kappa shape index (κ1) is 14.7. The fourth-order valence-electron chi connectivity index (χ4n) is 1.11. The fraction of sp³-hybridized carbons (Fsp3) is 1.00. The van der Waals surface area contributed by atoms with Crippen molar-refractivity contribution in [2.75, 3.05) is 40.4 Å². The molecule has 0 bridgehead atoms. The normalized spacial score (nSPS) is 11.0. The third-order valence-corrected chi connectivity index (χ3v) is 1.84. The summed E-state index contributed by atoms with van der Waals surface area (Å²) >= 11 is 0. The van der Waals surface area contributed by atoms with Crippen molar-refractivity contribution in [1.82, 2.24) is 0 Å². The van der Waals surface area contributed by atoms with Crippen LogP contribution in [0.4, 0.5) is 0 Å². The van der Waals surface area contributed by atoms with Gasteiger partial charge in [0.05, 0.1) is 27.2 Å². The zero-order valence-corrected chi connectivity index (χ0v) is 8.72. The standard InChI is InChI=1S/C8H20NO2.ClH/c1-9(2,5-3-7-10)6-4-8-11;/h10-11H,3-8H2,1-2H3;1H/q+1;/p-1. The number of hydrogen-bond acceptors (Lipinski definition) is 2. The Morgan fingerprint density at radius 3 is 1.50 bits per heavy atom. The molecule has 0 spiro atoms. The minimum Gasteiger partial charge on any atom is -1.00 e. The van der Waals surface area contributed by atoms with Crippen LogP contribution in [0.1, 0.15) is 12.8 Å². The largest absolute Gasteiger partial charge is 1.00 e. The van der Waals surface area contributed by atoms with E-state index in [4.69, 9.17) is 10.2 Å². The van der Waals surface area contributed by atoms with Crippen molar-refractivity contribution in [3.63, 3.8) is 0 Å². The topological polar surface area (TPSA) is 40.5 Å². The lowest BCUT2D eigenvalue weighted by Gasteiger charge is -2.29. The Hall–Kier alpha value is 0.170. The number of aliphatic hydroxyl groups excluding tert-OH is 2. The van der Waals surface area contributed by atoms with Crippen molar-refractivity contribution in [2.24, 2.45) is 0 Å². The van der Waals surface area contributed by atoms with Crippen LogP contribution in [-0.4, -0.2) is 55.1 Å². The Morgan fingerprint density at radius 1 is 0.917 bits per heavy atom. The van der Waals surface area contributed by atoms with Crippen LogP contribution >= 0.6 is 0 Å². The summed E-state index contributed by atoms with van der Waals surface area (Å²) in [6.45, 7) is 2.49. The Labute approximate surface area is 81.0 Å². The van der Waals surface area contributed by atoms with Crippen molar-refractivity contribution in [3.8, 4) is 0 Å². The lowest BCUT2D eigenvalue weighted by molar-refractivity contribution is -0.890. The summed E-state index contributed by atoms with van der Waals surface area (Å²) < 4.78 is 0.890. The van der Waals surface area contributed by atoms with Gasteiger partial charge >= 0.3 is 0 Å². The van der Waals surface area contributed by atoms with Gasteiger partial charge in [-0.05, 0) is 0 Å². The molecule has 0 aliphatic rings. The van der Waals surface area contributed by atoms with Crippen LogP contribution in [0, 0.1) is 0 Å². The number of hydrogen-bond donors (Lipinski definition) is 2. The van der Waals surface area contributed by atoms with Crippen molar-refractivity contribution >= 4 is 0 Å². The lowest BCUT2D eigenvalue weighted by Crippen LogP contribution is -3.00. The van der Waals surface area contributed by atoms with Gasteiger partial charge in [-0.3, -0.25) is 0 Å². The first-order valence-corrected chi connectivity index (χ1v) is 4.16. The van der Waals surface area contributed by atoms with E-state index in [9.17, 15) is 0 Å². The van der Waals surface area contributed by atoms with Crippen LogP contribution in [0.25, 0.3) is 0 Å². The maximum absolute atomic E-state index is 8.60. The van der Waals surface area contributed by atoms with Crippen molar-refractivity contribution in [2.45, 2.75) is 12.8 Å². The van der Waals surface area contributed by atoms with E-state index in [0.29, 0.717) is 0 Å². The summed E-state index contributed by atoms with van der Waals surface area (Å²) in [4.78, 5) is 0. The van der Waals surface area contributed by atoms with Gasteiger partial charge in [0.15, 0.2) is 0 Å². The van der Waals surface area contributed by atoms with Crippen molar-refractivity contribution < 1.29 is 27.1 Å². The van der Waals surface area contributed by atoms with Crippen LogP contribution in [0.3, 0.4) is 0 Å². The average Bonchev–Trinajstić information content (AvgIpc) is 1.97. The van der Waals surface area contributed by atoms with E-state index in [1.54, 1.807) is 0 Å². The van der Waals surface area contributed by atoms with E-state index in [1.165, 1.54) is 0 Å². The zero-order valence-electron chi connectivity index (χ0n) is 7.96. The van der Waals surface area contributed by atoms with Crippen LogP contribution in [0.15, 0.2) is 0 Å². The summed E-state index contributed by atoms with van der Waals surface area (Å²) in [6, 6.07) is 0. The van der Waals surface area contributed by atoms with Gasteiger partial charge in [0.25, 0.3) is 0 Å². The quantitative estimate of drug-likeness (QED) is 0.442. The van der Waals surface area contributed by atoms with E-state index in [-0.39, 0.29) is 25.6 Å². The van der Waals surface area contributed by atoms with Gasteiger partial charge in [0, 0.05) is 26.1 Å². The molecule has 0 aromatic rings. The Morgan fingerprint density at radius 2 is 1.25 bits per heavy atom. The van der Waals surface area contributed by atoms with E-state index < -0.39 is 0 Å². The Balaban J connectivity index is 0. The molecule has 0 rings (SSSR count). The predicted molar refractivity (Wildman–Crippen MR) is 45.2 cm³/mol. The number of halogens is 1. The van der Waals surface area contributed by atoms with Gasteiger partial charge in [0.1, 0.15) is 0 Å². The molecule has 0 fully saturated rings. The second-order valence-electron chi connectivity index (χ2n) is 3.54. The Kier molecular flexibility index (Phi) is 9.54. The van der Waals surface area contributed by atoms with E-state index in [0.717, 1.165) is 30.4 Å². The molecule has 3 nitrogen and oxygen atoms in total. The molecule has 0 aliphatic heterocycles. The molecular formula is C8H20ClNO2. The van der Waals surface area contributed by atoms with Gasteiger partial charge in [-0.1, -0.05) is 0 Å².